The van der Waals surface area contributed by atoms with Crippen molar-refractivity contribution in [3.63, 3.8) is 0 Å². The zero-order valence-corrected chi connectivity index (χ0v) is 17.9. The standard InChI is InChI=1S/C24H19N3OS2/c25-14-17-21-20(19-12-7-13-29-19)16-10-5-2-6-11-18(16)27-24(21)30-22(17)23(28)26-15-8-3-1-4-9-15/h1,3-4,7-9,12-13H,2,5-6,10-11H2,(H,26,28). The number of rotatable bonds is 3. The molecule has 0 aliphatic heterocycles. The van der Waals surface area contributed by atoms with E-state index in [-0.39, 0.29) is 5.91 Å². The first-order valence-electron chi connectivity index (χ1n) is 10.0. The Morgan fingerprint density at radius 3 is 2.67 bits per heavy atom. The van der Waals surface area contributed by atoms with Crippen molar-refractivity contribution >= 4 is 44.5 Å². The molecule has 4 nitrogen and oxygen atoms in total. The number of nitrogens with zero attached hydrogens (tertiary/aromatic N) is 2. The normalized spacial score (nSPS) is 13.4. The van der Waals surface area contributed by atoms with Crippen molar-refractivity contribution in [2.24, 2.45) is 0 Å². The highest BCUT2D eigenvalue weighted by Crippen LogP contribution is 2.43. The van der Waals surface area contributed by atoms with Crippen LogP contribution in [0.1, 0.15) is 45.8 Å². The third kappa shape index (κ3) is 3.30. The number of hydrogen-bond donors (Lipinski definition) is 1. The van der Waals surface area contributed by atoms with E-state index in [0.29, 0.717) is 16.1 Å². The summed E-state index contributed by atoms with van der Waals surface area (Å²) >= 11 is 3.00. The lowest BCUT2D eigenvalue weighted by Crippen LogP contribution is -2.11. The van der Waals surface area contributed by atoms with Crippen LogP contribution in [0.3, 0.4) is 0 Å². The minimum absolute atomic E-state index is 0.256. The van der Waals surface area contributed by atoms with Crippen LogP contribution in [0.5, 0.6) is 0 Å². The fourth-order valence-corrected chi connectivity index (χ4v) is 5.98. The fourth-order valence-electron chi connectivity index (χ4n) is 4.13. The summed E-state index contributed by atoms with van der Waals surface area (Å²) in [4.78, 5) is 20.4. The average molecular weight is 430 g/mol. The molecule has 0 bridgehead atoms. The Hall–Kier alpha value is -3.01. The molecule has 0 radical (unpaired) electrons. The number of aromatic nitrogens is 1. The lowest BCUT2D eigenvalue weighted by molar-refractivity contribution is 0.103. The summed E-state index contributed by atoms with van der Waals surface area (Å²) in [6, 6.07) is 15.8. The number of carbonyl (C=O) groups is 1. The monoisotopic (exact) mass is 429 g/mol. The van der Waals surface area contributed by atoms with Crippen molar-refractivity contribution in [1.29, 1.82) is 5.26 Å². The Kier molecular flexibility index (Phi) is 5.07. The minimum atomic E-state index is -0.256. The molecule has 0 fully saturated rings. The summed E-state index contributed by atoms with van der Waals surface area (Å²) in [5, 5.41) is 15.9. The van der Waals surface area contributed by atoms with Gasteiger partial charge in [0.2, 0.25) is 0 Å². The van der Waals surface area contributed by atoms with E-state index in [1.807, 2.05) is 36.4 Å². The van der Waals surface area contributed by atoms with Crippen LogP contribution in [-0.2, 0) is 12.8 Å². The van der Waals surface area contributed by atoms with Crippen LogP contribution in [0.25, 0.3) is 20.7 Å². The van der Waals surface area contributed by atoms with Gasteiger partial charge in [-0.05, 0) is 54.8 Å². The molecular weight excluding hydrogens is 410 g/mol. The zero-order chi connectivity index (χ0) is 20.5. The molecule has 4 aromatic rings. The van der Waals surface area contributed by atoms with Gasteiger partial charge in [0.1, 0.15) is 15.8 Å². The van der Waals surface area contributed by atoms with Gasteiger partial charge >= 0.3 is 0 Å². The highest BCUT2D eigenvalue weighted by molar-refractivity contribution is 7.21. The number of aryl methyl sites for hydroxylation is 1. The lowest BCUT2D eigenvalue weighted by Gasteiger charge is -2.13. The zero-order valence-electron chi connectivity index (χ0n) is 16.3. The molecule has 0 atom stereocenters. The molecule has 0 saturated heterocycles. The van der Waals surface area contributed by atoms with Gasteiger partial charge in [0.15, 0.2) is 0 Å². The number of benzene rings is 1. The third-order valence-corrected chi connectivity index (χ3v) is 7.45. The van der Waals surface area contributed by atoms with E-state index in [2.05, 4.69) is 22.8 Å². The SMILES string of the molecule is N#Cc1c(C(=O)Nc2ccccc2)sc2nc3c(c(-c4cccs4)c12)CCCCC3. The van der Waals surface area contributed by atoms with Crippen LogP contribution in [0.4, 0.5) is 5.69 Å². The van der Waals surface area contributed by atoms with E-state index in [4.69, 9.17) is 4.98 Å². The molecule has 0 unspecified atom stereocenters. The maximum absolute atomic E-state index is 13.1. The molecule has 6 heteroatoms. The lowest BCUT2D eigenvalue weighted by atomic mass is 9.96. The Balaban J connectivity index is 1.73. The minimum Gasteiger partial charge on any atom is -0.321 e. The molecule has 5 rings (SSSR count). The average Bonchev–Trinajstić information content (AvgIpc) is 3.35. The van der Waals surface area contributed by atoms with Gasteiger partial charge in [-0.25, -0.2) is 4.98 Å². The predicted molar refractivity (Wildman–Crippen MR) is 123 cm³/mol. The van der Waals surface area contributed by atoms with E-state index in [0.717, 1.165) is 52.0 Å². The summed E-state index contributed by atoms with van der Waals surface area (Å²) in [7, 11) is 0. The van der Waals surface area contributed by atoms with Crippen molar-refractivity contribution in [3.05, 3.63) is 69.5 Å². The first-order valence-corrected chi connectivity index (χ1v) is 11.7. The molecule has 1 aliphatic carbocycles. The molecular formula is C24H19N3OS2. The van der Waals surface area contributed by atoms with Crippen LogP contribution in [0.2, 0.25) is 0 Å². The van der Waals surface area contributed by atoms with Crippen LogP contribution in [0.15, 0.2) is 47.8 Å². The van der Waals surface area contributed by atoms with Gasteiger partial charge in [-0.15, -0.1) is 22.7 Å². The second-order valence-electron chi connectivity index (χ2n) is 7.37. The van der Waals surface area contributed by atoms with Gasteiger partial charge in [0, 0.05) is 27.2 Å². The molecule has 0 spiro atoms. The van der Waals surface area contributed by atoms with Crippen LogP contribution in [-0.4, -0.2) is 10.9 Å². The number of para-hydroxylation sites is 1. The molecule has 1 N–H and O–H groups in total. The molecule has 1 amide bonds. The number of thiophene rings is 2. The predicted octanol–water partition coefficient (Wildman–Crippen LogP) is 6.42. The summed E-state index contributed by atoms with van der Waals surface area (Å²) in [6.07, 6.45) is 5.38. The Bertz CT molecular complexity index is 1270. The quantitative estimate of drug-likeness (QED) is 0.382. The van der Waals surface area contributed by atoms with E-state index >= 15 is 0 Å². The number of pyridine rings is 1. The second kappa shape index (κ2) is 8.02. The highest BCUT2D eigenvalue weighted by atomic mass is 32.1. The Morgan fingerprint density at radius 1 is 1.07 bits per heavy atom. The molecule has 30 heavy (non-hydrogen) atoms. The number of amides is 1. The number of fused-ring (bicyclic) bond motifs is 2. The molecule has 1 aliphatic rings. The first kappa shape index (κ1) is 19.0. The van der Waals surface area contributed by atoms with Gasteiger partial charge in [-0.2, -0.15) is 5.26 Å². The van der Waals surface area contributed by atoms with Crippen molar-refractivity contribution in [2.45, 2.75) is 32.1 Å². The Labute approximate surface area is 182 Å². The van der Waals surface area contributed by atoms with Crippen molar-refractivity contribution in [2.75, 3.05) is 5.32 Å². The first-order chi connectivity index (χ1) is 14.8. The summed E-state index contributed by atoms with van der Waals surface area (Å²) in [6.45, 7) is 0. The van der Waals surface area contributed by atoms with Crippen LogP contribution in [0, 0.1) is 11.3 Å². The van der Waals surface area contributed by atoms with Gasteiger partial charge in [-0.3, -0.25) is 4.79 Å². The molecule has 0 saturated carbocycles. The number of anilines is 1. The number of nitriles is 1. The smallest absolute Gasteiger partial charge is 0.267 e. The number of hydrogen-bond acceptors (Lipinski definition) is 5. The fraction of sp³-hybridized carbons (Fsp3) is 0.208. The maximum Gasteiger partial charge on any atom is 0.267 e. The van der Waals surface area contributed by atoms with E-state index < -0.39 is 0 Å². The summed E-state index contributed by atoms with van der Waals surface area (Å²) < 4.78 is 0. The van der Waals surface area contributed by atoms with Crippen LogP contribution < -0.4 is 5.32 Å². The highest BCUT2D eigenvalue weighted by Gasteiger charge is 2.27. The topological polar surface area (TPSA) is 65.8 Å². The van der Waals surface area contributed by atoms with Gasteiger partial charge in [0.05, 0.1) is 5.56 Å². The van der Waals surface area contributed by atoms with Crippen molar-refractivity contribution in [3.8, 4) is 16.5 Å². The van der Waals surface area contributed by atoms with E-state index in [1.54, 1.807) is 11.3 Å². The summed E-state index contributed by atoms with van der Waals surface area (Å²) in [5.74, 6) is -0.256. The molecule has 1 aromatic carbocycles. The van der Waals surface area contributed by atoms with Gasteiger partial charge in [-0.1, -0.05) is 30.7 Å². The number of carbonyl (C=O) groups excluding carboxylic acids is 1. The van der Waals surface area contributed by atoms with E-state index in [1.165, 1.54) is 23.3 Å². The Morgan fingerprint density at radius 2 is 1.90 bits per heavy atom. The largest absolute Gasteiger partial charge is 0.321 e. The van der Waals surface area contributed by atoms with E-state index in [9.17, 15) is 10.1 Å². The van der Waals surface area contributed by atoms with Crippen LogP contribution >= 0.6 is 22.7 Å². The van der Waals surface area contributed by atoms with Crippen molar-refractivity contribution < 1.29 is 4.79 Å². The molecule has 3 heterocycles. The van der Waals surface area contributed by atoms with Gasteiger partial charge < -0.3 is 5.32 Å². The summed E-state index contributed by atoms with van der Waals surface area (Å²) in [5.41, 5.74) is 4.65. The maximum atomic E-state index is 13.1. The number of nitrogens with one attached hydrogen (secondary N) is 1. The molecule has 3 aromatic heterocycles. The van der Waals surface area contributed by atoms with Gasteiger partial charge in [0.25, 0.3) is 5.91 Å². The second-order valence-corrected chi connectivity index (χ2v) is 9.32. The van der Waals surface area contributed by atoms with Crippen molar-refractivity contribution in [1.82, 2.24) is 4.98 Å². The third-order valence-electron chi connectivity index (χ3n) is 5.48. The molecule has 148 valence electrons.